The number of rotatable bonds is 54. The molecule has 0 aliphatic rings. The molecule has 4 nitrogen and oxygen atoms in total. The molecule has 2 atom stereocenters. The van der Waals surface area contributed by atoms with Crippen LogP contribution in [0.3, 0.4) is 0 Å². The van der Waals surface area contributed by atoms with E-state index in [2.05, 4.69) is 104 Å². The Kier molecular flexibility index (Phi) is 57.3. The molecule has 0 rings (SSSR count). The average molecular weight is 959 g/mol. The first-order valence-corrected chi connectivity index (χ1v) is 30.0. The van der Waals surface area contributed by atoms with Gasteiger partial charge >= 0.3 is 0 Å². The van der Waals surface area contributed by atoms with Gasteiger partial charge in [-0.05, 0) is 83.5 Å². The third-order valence-electron chi connectivity index (χ3n) is 13.3. The molecule has 0 radical (unpaired) electrons. The van der Waals surface area contributed by atoms with Crippen LogP contribution in [-0.2, 0) is 4.79 Å². The van der Waals surface area contributed by atoms with Crippen LogP contribution in [0.5, 0.6) is 0 Å². The molecule has 4 heteroatoms. The fraction of sp³-hybridized carbons (Fsp3) is 0.738. The van der Waals surface area contributed by atoms with Crippen LogP contribution in [-0.4, -0.2) is 34.9 Å². The van der Waals surface area contributed by atoms with Crippen LogP contribution >= 0.6 is 0 Å². The highest BCUT2D eigenvalue weighted by molar-refractivity contribution is 5.76. The number of carbonyl (C=O) groups is 1. The molecule has 0 aliphatic heterocycles. The topological polar surface area (TPSA) is 69.6 Å². The number of hydrogen-bond donors (Lipinski definition) is 3. The molecule has 3 N–H and O–H groups in total. The van der Waals surface area contributed by atoms with Gasteiger partial charge in [0.05, 0.1) is 18.8 Å². The van der Waals surface area contributed by atoms with E-state index < -0.39 is 12.1 Å². The number of aliphatic hydroxyl groups is 2. The summed E-state index contributed by atoms with van der Waals surface area (Å²) in [5, 5.41) is 23.2. The Morgan fingerprint density at radius 1 is 0.362 bits per heavy atom. The number of aliphatic hydroxyl groups excluding tert-OH is 2. The molecule has 0 aromatic rings. The predicted molar refractivity (Wildman–Crippen MR) is 308 cm³/mol. The Labute approximate surface area is 430 Å². The minimum Gasteiger partial charge on any atom is -0.394 e. The standard InChI is InChI=1S/C65H115NO3/c1-3-5-7-9-11-13-15-17-19-21-23-25-26-27-28-29-30-31-32-33-34-35-36-37-38-39-40-41-43-45-47-49-51-53-55-57-59-61-65(69)66-63(62-67)64(68)60-58-56-54-52-50-48-46-44-42-24-22-20-18-16-14-12-10-8-6-4-2/h5,7,11,13,17,19,23,25,27-28,30-31,50,52,58,60,63-64,67-68H,3-4,6,8-10,12,14-16,18,20-22,24,26,29,32-49,51,53-57,59,61-62H2,1-2H3,(H,66,69)/b7-5-,13-11-,19-17-,25-23-,28-27-,31-30-,52-50+,60-58+. The van der Waals surface area contributed by atoms with Gasteiger partial charge in [-0.3, -0.25) is 4.79 Å². The van der Waals surface area contributed by atoms with E-state index in [1.165, 1.54) is 199 Å². The fourth-order valence-electron chi connectivity index (χ4n) is 8.79. The summed E-state index contributed by atoms with van der Waals surface area (Å²) >= 11 is 0. The molecule has 0 aromatic carbocycles. The van der Waals surface area contributed by atoms with E-state index in [-0.39, 0.29) is 12.5 Å². The zero-order valence-corrected chi connectivity index (χ0v) is 45.8. The van der Waals surface area contributed by atoms with Crippen molar-refractivity contribution in [2.75, 3.05) is 6.61 Å². The summed E-state index contributed by atoms with van der Waals surface area (Å²) in [4.78, 5) is 12.5. The molecule has 0 spiro atoms. The molecule has 0 bridgehead atoms. The number of amides is 1. The highest BCUT2D eigenvalue weighted by atomic mass is 16.3. The van der Waals surface area contributed by atoms with Gasteiger partial charge in [-0.25, -0.2) is 0 Å². The predicted octanol–water partition coefficient (Wildman–Crippen LogP) is 20.1. The van der Waals surface area contributed by atoms with Crippen LogP contribution in [0.4, 0.5) is 0 Å². The van der Waals surface area contributed by atoms with Gasteiger partial charge in [-0.15, -0.1) is 0 Å². The van der Waals surface area contributed by atoms with Crippen molar-refractivity contribution < 1.29 is 15.0 Å². The number of unbranched alkanes of at least 4 members (excludes halogenated alkanes) is 33. The monoisotopic (exact) mass is 958 g/mol. The lowest BCUT2D eigenvalue weighted by Gasteiger charge is -2.19. The van der Waals surface area contributed by atoms with Crippen LogP contribution in [0, 0.1) is 0 Å². The molecule has 0 aliphatic carbocycles. The van der Waals surface area contributed by atoms with E-state index in [0.29, 0.717) is 6.42 Å². The highest BCUT2D eigenvalue weighted by Crippen LogP contribution is 2.17. The van der Waals surface area contributed by atoms with Gasteiger partial charge < -0.3 is 15.5 Å². The van der Waals surface area contributed by atoms with E-state index in [4.69, 9.17) is 0 Å². The van der Waals surface area contributed by atoms with Crippen molar-refractivity contribution in [3.63, 3.8) is 0 Å². The number of hydrogen-bond acceptors (Lipinski definition) is 3. The normalized spacial score (nSPS) is 13.5. The summed E-state index contributed by atoms with van der Waals surface area (Å²) in [6, 6.07) is -0.643. The van der Waals surface area contributed by atoms with Crippen LogP contribution in [0.25, 0.3) is 0 Å². The van der Waals surface area contributed by atoms with Gasteiger partial charge in [-0.1, -0.05) is 297 Å². The molecule has 398 valence electrons. The second-order valence-corrected chi connectivity index (χ2v) is 20.0. The minimum absolute atomic E-state index is 0.0728. The molecule has 0 saturated heterocycles. The second kappa shape index (κ2) is 59.6. The van der Waals surface area contributed by atoms with Crippen molar-refractivity contribution in [3.05, 3.63) is 97.2 Å². The molecular weight excluding hydrogens is 843 g/mol. The van der Waals surface area contributed by atoms with Gasteiger partial charge in [0.25, 0.3) is 0 Å². The summed E-state index contributed by atoms with van der Waals surface area (Å²) in [6.45, 7) is 4.20. The van der Waals surface area contributed by atoms with Crippen LogP contribution in [0.15, 0.2) is 97.2 Å². The van der Waals surface area contributed by atoms with Crippen LogP contribution < -0.4 is 5.32 Å². The summed E-state index contributed by atoms with van der Waals surface area (Å²) in [5.74, 6) is -0.0728. The molecule has 0 aromatic heterocycles. The number of allylic oxidation sites excluding steroid dienone is 15. The average Bonchev–Trinajstić information content (AvgIpc) is 3.35. The first kappa shape index (κ1) is 66.3. The lowest BCUT2D eigenvalue weighted by atomic mass is 10.0. The molecular formula is C65H115NO3. The maximum absolute atomic E-state index is 12.5. The van der Waals surface area contributed by atoms with Crippen molar-refractivity contribution in [2.24, 2.45) is 0 Å². The Hall–Kier alpha value is -2.69. The summed E-state index contributed by atoms with van der Waals surface area (Å²) < 4.78 is 0. The zero-order valence-electron chi connectivity index (χ0n) is 45.8. The van der Waals surface area contributed by atoms with E-state index in [9.17, 15) is 15.0 Å². The summed E-state index contributed by atoms with van der Waals surface area (Å²) in [5.41, 5.74) is 0. The van der Waals surface area contributed by atoms with Crippen molar-refractivity contribution in [3.8, 4) is 0 Å². The molecule has 0 fully saturated rings. The third-order valence-corrected chi connectivity index (χ3v) is 13.3. The van der Waals surface area contributed by atoms with Crippen molar-refractivity contribution in [1.29, 1.82) is 0 Å². The maximum Gasteiger partial charge on any atom is 0.220 e. The largest absolute Gasteiger partial charge is 0.394 e. The Morgan fingerprint density at radius 2 is 0.652 bits per heavy atom. The highest BCUT2D eigenvalue weighted by Gasteiger charge is 2.18. The Balaban J connectivity index is 3.51. The summed E-state index contributed by atoms with van der Waals surface area (Å²) in [7, 11) is 0. The number of carbonyl (C=O) groups excluding carboxylic acids is 1. The Morgan fingerprint density at radius 3 is 1.01 bits per heavy atom. The summed E-state index contributed by atoms with van der Waals surface area (Å²) in [6.07, 6.45) is 88.7. The lowest BCUT2D eigenvalue weighted by molar-refractivity contribution is -0.123. The Bertz CT molecular complexity index is 1270. The van der Waals surface area contributed by atoms with E-state index >= 15 is 0 Å². The van der Waals surface area contributed by atoms with E-state index in [1.54, 1.807) is 6.08 Å². The quantitative estimate of drug-likeness (QED) is 0.0420. The van der Waals surface area contributed by atoms with Gasteiger partial charge in [0.15, 0.2) is 0 Å². The third kappa shape index (κ3) is 56.1. The van der Waals surface area contributed by atoms with Crippen molar-refractivity contribution in [2.45, 2.75) is 302 Å². The first-order valence-electron chi connectivity index (χ1n) is 30.0. The van der Waals surface area contributed by atoms with E-state index in [1.807, 2.05) is 6.08 Å². The van der Waals surface area contributed by atoms with Gasteiger partial charge in [0.2, 0.25) is 5.91 Å². The van der Waals surface area contributed by atoms with Gasteiger partial charge in [0.1, 0.15) is 0 Å². The number of nitrogens with one attached hydrogen (secondary N) is 1. The molecule has 2 unspecified atom stereocenters. The zero-order chi connectivity index (χ0) is 49.9. The van der Waals surface area contributed by atoms with Crippen LogP contribution in [0.2, 0.25) is 0 Å². The first-order chi connectivity index (χ1) is 34.2. The molecule has 69 heavy (non-hydrogen) atoms. The van der Waals surface area contributed by atoms with Crippen LogP contribution in [0.1, 0.15) is 290 Å². The minimum atomic E-state index is -0.866. The lowest BCUT2D eigenvalue weighted by Crippen LogP contribution is -2.45. The molecule has 1 amide bonds. The van der Waals surface area contributed by atoms with Gasteiger partial charge in [0, 0.05) is 6.42 Å². The van der Waals surface area contributed by atoms with Crippen molar-refractivity contribution in [1.82, 2.24) is 5.32 Å². The van der Waals surface area contributed by atoms with E-state index in [0.717, 1.165) is 70.6 Å². The fourth-order valence-corrected chi connectivity index (χ4v) is 8.79. The van der Waals surface area contributed by atoms with Gasteiger partial charge in [-0.2, -0.15) is 0 Å². The second-order valence-electron chi connectivity index (χ2n) is 20.0. The SMILES string of the molecule is CC/C=C\C/C=C\C/C=C\C/C=C\C/C=C\C/C=C\CCCCCCCCCCCCCCCCCCCCC(=O)NC(CO)C(O)/C=C/CC/C=C/CCCCCCCCCCCCCCCC. The van der Waals surface area contributed by atoms with Crippen molar-refractivity contribution >= 4 is 5.91 Å². The molecule has 0 heterocycles. The smallest absolute Gasteiger partial charge is 0.220 e. The molecule has 0 saturated carbocycles. The maximum atomic E-state index is 12.5.